The number of halogens is 1. The van der Waals surface area contributed by atoms with Gasteiger partial charge in [-0.1, -0.05) is 18.1 Å². The monoisotopic (exact) mass is 457 g/mol. The highest BCUT2D eigenvalue weighted by atomic mass is 32.2. The maximum atomic E-state index is 14.4. The number of methoxy groups -OCH3 is 1. The molecule has 5 N–H and O–H groups in total. The van der Waals surface area contributed by atoms with Crippen molar-refractivity contribution in [2.24, 2.45) is 0 Å². The molecule has 3 aromatic rings. The van der Waals surface area contributed by atoms with E-state index in [9.17, 15) is 12.8 Å². The number of benzene rings is 2. The third kappa shape index (κ3) is 5.39. The lowest BCUT2D eigenvalue weighted by Gasteiger charge is -2.13. The minimum Gasteiger partial charge on any atom is -0.496 e. The number of nitrogens with one attached hydrogen (secondary N) is 2. The Balaban J connectivity index is 0.00000363. The molecule has 0 bridgehead atoms. The van der Waals surface area contributed by atoms with Crippen molar-refractivity contribution in [3.8, 4) is 29.4 Å². The minimum absolute atomic E-state index is 0. The molecule has 0 unspecified atom stereocenters. The quantitative estimate of drug-likeness (QED) is 0.461. The van der Waals surface area contributed by atoms with Crippen LogP contribution in [0.3, 0.4) is 0 Å². The Morgan fingerprint density at radius 1 is 1.16 bits per heavy atom. The second-order valence-corrected chi connectivity index (χ2v) is 8.48. The summed E-state index contributed by atoms with van der Waals surface area (Å²) in [5.74, 6) is 2.57. The first-order valence-corrected chi connectivity index (χ1v) is 10.7. The van der Waals surface area contributed by atoms with E-state index in [-0.39, 0.29) is 29.2 Å². The van der Waals surface area contributed by atoms with Gasteiger partial charge < -0.3 is 16.2 Å². The summed E-state index contributed by atoms with van der Waals surface area (Å²) in [6.45, 7) is 3.72. The van der Waals surface area contributed by atoms with Crippen LogP contribution in [-0.4, -0.2) is 32.0 Å². The number of hydrogen-bond acceptors (Lipinski definition) is 7. The van der Waals surface area contributed by atoms with Gasteiger partial charge in [-0.05, 0) is 49.2 Å². The number of anilines is 2. The Hall–Kier alpha value is -3.52. The molecule has 32 heavy (non-hydrogen) atoms. The molecular weight excluding hydrogens is 433 g/mol. The van der Waals surface area contributed by atoms with Gasteiger partial charge in [-0.3, -0.25) is 0 Å². The van der Waals surface area contributed by atoms with Gasteiger partial charge in [0.05, 0.1) is 24.7 Å². The Morgan fingerprint density at radius 2 is 1.78 bits per heavy atom. The van der Waals surface area contributed by atoms with Crippen LogP contribution in [0, 0.1) is 32.0 Å². The molecule has 10 heteroatoms. The standard InChI is InChI=1S/C22H21FN4O3S.H3N/c1-5-10-25-31(28,29)18-8-6-16(7-9-18)20-19(23)13-24-22(27-20)26-17-11-14(2)21(30-4)15(3)12-17;/h1,6-9,11-13,25H,10H2,2-4H3,(H,24,26,27);1H3. The first-order chi connectivity index (χ1) is 14.7. The molecule has 2 aromatic carbocycles. The van der Waals surface area contributed by atoms with Crippen molar-refractivity contribution in [3.05, 3.63) is 59.5 Å². The van der Waals surface area contributed by atoms with E-state index < -0.39 is 15.8 Å². The fourth-order valence-corrected chi connectivity index (χ4v) is 4.05. The summed E-state index contributed by atoms with van der Waals surface area (Å²) < 4.78 is 46.3. The molecule has 0 amide bonds. The Kier molecular flexibility index (Phi) is 7.88. The van der Waals surface area contributed by atoms with Gasteiger partial charge in [-0.25, -0.2) is 22.8 Å². The van der Waals surface area contributed by atoms with Crippen LogP contribution in [0.4, 0.5) is 16.0 Å². The summed E-state index contributed by atoms with van der Waals surface area (Å²) in [6.07, 6.45) is 6.15. The molecule has 3 rings (SSSR count). The minimum atomic E-state index is -3.74. The lowest BCUT2D eigenvalue weighted by Crippen LogP contribution is -2.23. The number of aromatic nitrogens is 2. The highest BCUT2D eigenvalue weighted by molar-refractivity contribution is 7.89. The van der Waals surface area contributed by atoms with E-state index in [1.54, 1.807) is 7.11 Å². The zero-order valence-corrected chi connectivity index (χ0v) is 18.8. The maximum Gasteiger partial charge on any atom is 0.241 e. The van der Waals surface area contributed by atoms with Gasteiger partial charge in [0.1, 0.15) is 11.4 Å². The van der Waals surface area contributed by atoms with Gasteiger partial charge in [0.2, 0.25) is 16.0 Å². The van der Waals surface area contributed by atoms with Crippen molar-refractivity contribution in [1.29, 1.82) is 0 Å². The Bertz CT molecular complexity index is 1230. The van der Waals surface area contributed by atoms with Crippen LogP contribution in [0.2, 0.25) is 0 Å². The van der Waals surface area contributed by atoms with Crippen LogP contribution in [0.15, 0.2) is 47.5 Å². The number of hydrogen-bond donors (Lipinski definition) is 3. The van der Waals surface area contributed by atoms with Gasteiger partial charge >= 0.3 is 0 Å². The van der Waals surface area contributed by atoms with Crippen molar-refractivity contribution >= 4 is 21.7 Å². The van der Waals surface area contributed by atoms with E-state index in [2.05, 4.69) is 25.9 Å². The molecule has 0 fully saturated rings. The number of sulfonamides is 1. The normalized spacial score (nSPS) is 10.7. The predicted octanol–water partition coefficient (Wildman–Crippen LogP) is 3.73. The third-order valence-corrected chi connectivity index (χ3v) is 5.88. The fraction of sp³-hybridized carbons (Fsp3) is 0.182. The summed E-state index contributed by atoms with van der Waals surface area (Å²) >= 11 is 0. The van der Waals surface area contributed by atoms with Crippen LogP contribution in [0.25, 0.3) is 11.3 Å². The first-order valence-electron chi connectivity index (χ1n) is 9.23. The van der Waals surface area contributed by atoms with Gasteiger partial charge in [-0.2, -0.15) is 4.72 Å². The Morgan fingerprint density at radius 3 is 2.34 bits per heavy atom. The topological polar surface area (TPSA) is 128 Å². The average Bonchev–Trinajstić information content (AvgIpc) is 2.73. The molecule has 0 saturated heterocycles. The molecule has 0 aliphatic heterocycles. The van der Waals surface area contributed by atoms with Gasteiger partial charge in [0.25, 0.3) is 0 Å². The van der Waals surface area contributed by atoms with Crippen LogP contribution in [-0.2, 0) is 10.0 Å². The maximum absolute atomic E-state index is 14.4. The number of terminal acetylenes is 1. The SMILES string of the molecule is C#CCNS(=O)(=O)c1ccc(-c2nc(Nc3cc(C)c(OC)c(C)c3)ncc2F)cc1.N. The molecule has 0 radical (unpaired) electrons. The van der Waals surface area contributed by atoms with E-state index in [0.29, 0.717) is 5.56 Å². The zero-order chi connectivity index (χ0) is 22.6. The van der Waals surface area contributed by atoms with Crippen molar-refractivity contribution in [2.75, 3.05) is 19.0 Å². The molecule has 0 aliphatic rings. The molecule has 0 saturated carbocycles. The molecular formula is C22H24FN5O3S. The summed E-state index contributed by atoms with van der Waals surface area (Å²) in [4.78, 5) is 8.28. The van der Waals surface area contributed by atoms with Crippen LogP contribution in [0.1, 0.15) is 11.1 Å². The van der Waals surface area contributed by atoms with E-state index in [1.165, 1.54) is 24.3 Å². The molecule has 0 spiro atoms. The molecule has 0 aliphatic carbocycles. The number of rotatable bonds is 7. The predicted molar refractivity (Wildman–Crippen MR) is 122 cm³/mol. The van der Waals surface area contributed by atoms with Crippen LogP contribution >= 0.6 is 0 Å². The Labute approximate surface area is 186 Å². The number of aryl methyl sites for hydroxylation is 2. The van der Waals surface area contributed by atoms with Crippen LogP contribution in [0.5, 0.6) is 5.75 Å². The van der Waals surface area contributed by atoms with Crippen LogP contribution < -0.4 is 20.9 Å². The first kappa shape index (κ1) is 24.7. The summed E-state index contributed by atoms with van der Waals surface area (Å²) in [5, 5.41) is 3.06. The molecule has 0 atom stereocenters. The second-order valence-electron chi connectivity index (χ2n) is 6.71. The molecule has 1 heterocycles. The van der Waals surface area contributed by atoms with E-state index in [1.807, 2.05) is 26.0 Å². The van der Waals surface area contributed by atoms with Crippen molar-refractivity contribution < 1.29 is 17.5 Å². The molecule has 1 aromatic heterocycles. The molecule has 8 nitrogen and oxygen atoms in total. The van der Waals surface area contributed by atoms with Gasteiger partial charge in [-0.15, -0.1) is 6.42 Å². The van der Waals surface area contributed by atoms with Gasteiger partial charge in [0, 0.05) is 11.3 Å². The van der Waals surface area contributed by atoms with Crippen molar-refractivity contribution in [3.63, 3.8) is 0 Å². The average molecular weight is 458 g/mol. The highest BCUT2D eigenvalue weighted by Crippen LogP contribution is 2.29. The van der Waals surface area contributed by atoms with E-state index in [4.69, 9.17) is 11.2 Å². The summed E-state index contributed by atoms with van der Waals surface area (Å²) in [6, 6.07) is 9.42. The smallest absolute Gasteiger partial charge is 0.241 e. The zero-order valence-electron chi connectivity index (χ0n) is 17.9. The second kappa shape index (κ2) is 10.2. The van der Waals surface area contributed by atoms with Crippen molar-refractivity contribution in [2.45, 2.75) is 18.7 Å². The van der Waals surface area contributed by atoms with E-state index in [0.717, 1.165) is 28.8 Å². The lowest BCUT2D eigenvalue weighted by atomic mass is 10.1. The fourth-order valence-electron chi connectivity index (χ4n) is 3.12. The lowest BCUT2D eigenvalue weighted by molar-refractivity contribution is 0.408. The number of nitrogens with zero attached hydrogens (tertiary/aromatic N) is 2. The highest BCUT2D eigenvalue weighted by Gasteiger charge is 2.15. The number of ether oxygens (including phenoxy) is 1. The van der Waals surface area contributed by atoms with Crippen molar-refractivity contribution in [1.82, 2.24) is 20.8 Å². The largest absolute Gasteiger partial charge is 0.496 e. The third-order valence-electron chi connectivity index (χ3n) is 4.47. The summed E-state index contributed by atoms with van der Waals surface area (Å²) in [5.41, 5.74) is 3.04. The van der Waals surface area contributed by atoms with E-state index >= 15 is 0 Å². The summed E-state index contributed by atoms with van der Waals surface area (Å²) in [7, 11) is -2.13. The van der Waals surface area contributed by atoms with Gasteiger partial charge in [0.15, 0.2) is 5.82 Å². The molecule has 168 valence electrons.